The summed E-state index contributed by atoms with van der Waals surface area (Å²) in [5.41, 5.74) is 5.28. The highest BCUT2D eigenvalue weighted by molar-refractivity contribution is 5.15. The minimum atomic E-state index is 0.185. The Morgan fingerprint density at radius 1 is 1.80 bits per heavy atom. The molecule has 10 heavy (non-hydrogen) atoms. The molecule has 1 rings (SSSR count). The molecule has 54 valence electrons. The van der Waals surface area contributed by atoms with Crippen LogP contribution in [0.3, 0.4) is 0 Å². The minimum absolute atomic E-state index is 0.185. The van der Waals surface area contributed by atoms with Crippen LogP contribution in [-0.2, 0) is 0 Å². The molecule has 4 heteroatoms. The van der Waals surface area contributed by atoms with E-state index >= 15 is 0 Å². The van der Waals surface area contributed by atoms with Crippen LogP contribution in [0.15, 0.2) is 12.7 Å². The van der Waals surface area contributed by atoms with Gasteiger partial charge in [0.1, 0.15) is 5.82 Å². The number of hydrogen-bond acceptors (Lipinski definition) is 3. The molecule has 1 unspecified atom stereocenters. The molecule has 4 nitrogen and oxygen atoms in total. The van der Waals surface area contributed by atoms with Crippen molar-refractivity contribution in [3.05, 3.63) is 18.5 Å². The fourth-order valence-corrected chi connectivity index (χ4v) is 0.603. The SMILES string of the molecule is C=CC(C)c1nc(N)n[nH]1. The zero-order valence-corrected chi connectivity index (χ0v) is 5.83. The third kappa shape index (κ3) is 1.15. The number of aromatic nitrogens is 3. The number of H-pyrrole nitrogens is 1. The molecule has 0 amide bonds. The first-order valence-corrected chi connectivity index (χ1v) is 3.04. The van der Waals surface area contributed by atoms with Crippen molar-refractivity contribution >= 4 is 5.95 Å². The predicted molar refractivity (Wildman–Crippen MR) is 39.4 cm³/mol. The van der Waals surface area contributed by atoms with Crippen LogP contribution in [0.25, 0.3) is 0 Å². The Balaban J connectivity index is 2.84. The molecule has 0 aliphatic carbocycles. The largest absolute Gasteiger partial charge is 0.367 e. The summed E-state index contributed by atoms with van der Waals surface area (Å²) in [4.78, 5) is 3.92. The van der Waals surface area contributed by atoms with E-state index in [0.717, 1.165) is 5.82 Å². The molecule has 1 heterocycles. The van der Waals surface area contributed by atoms with E-state index in [2.05, 4.69) is 21.8 Å². The molecule has 0 aliphatic heterocycles. The molecule has 0 radical (unpaired) electrons. The smallest absolute Gasteiger partial charge is 0.239 e. The van der Waals surface area contributed by atoms with Crippen LogP contribution in [0.4, 0.5) is 5.95 Å². The van der Waals surface area contributed by atoms with Crippen molar-refractivity contribution in [2.75, 3.05) is 5.73 Å². The lowest BCUT2D eigenvalue weighted by molar-refractivity contribution is 0.852. The van der Waals surface area contributed by atoms with Crippen LogP contribution in [0.1, 0.15) is 18.7 Å². The molecule has 0 aliphatic rings. The Morgan fingerprint density at radius 2 is 2.50 bits per heavy atom. The van der Waals surface area contributed by atoms with Gasteiger partial charge in [0, 0.05) is 5.92 Å². The Hall–Kier alpha value is -1.32. The molecule has 0 aromatic carbocycles. The van der Waals surface area contributed by atoms with Crippen molar-refractivity contribution in [2.24, 2.45) is 0 Å². The maximum atomic E-state index is 5.28. The van der Waals surface area contributed by atoms with Crippen LogP contribution >= 0.6 is 0 Å². The van der Waals surface area contributed by atoms with Crippen LogP contribution < -0.4 is 5.73 Å². The van der Waals surface area contributed by atoms with Crippen LogP contribution in [0.5, 0.6) is 0 Å². The first kappa shape index (κ1) is 6.80. The second-order valence-corrected chi connectivity index (χ2v) is 2.10. The number of nitrogens with two attached hydrogens (primary N) is 1. The van der Waals surface area contributed by atoms with Crippen molar-refractivity contribution in [2.45, 2.75) is 12.8 Å². The fourth-order valence-electron chi connectivity index (χ4n) is 0.603. The van der Waals surface area contributed by atoms with Gasteiger partial charge in [-0.05, 0) is 0 Å². The highest BCUT2D eigenvalue weighted by Crippen LogP contribution is 2.09. The van der Waals surface area contributed by atoms with E-state index in [-0.39, 0.29) is 11.9 Å². The van der Waals surface area contributed by atoms with Crippen LogP contribution in [0.2, 0.25) is 0 Å². The number of aromatic amines is 1. The quantitative estimate of drug-likeness (QED) is 0.590. The van der Waals surface area contributed by atoms with E-state index in [4.69, 9.17) is 5.73 Å². The molecular formula is C6H10N4. The molecule has 3 N–H and O–H groups in total. The van der Waals surface area contributed by atoms with Gasteiger partial charge in [0.25, 0.3) is 0 Å². The summed E-state index contributed by atoms with van der Waals surface area (Å²) in [6.45, 7) is 5.58. The lowest BCUT2D eigenvalue weighted by atomic mass is 10.2. The van der Waals surface area contributed by atoms with Crippen molar-refractivity contribution in [1.82, 2.24) is 15.2 Å². The first-order valence-electron chi connectivity index (χ1n) is 3.04. The summed E-state index contributed by atoms with van der Waals surface area (Å²) in [5.74, 6) is 1.22. The number of allylic oxidation sites excluding steroid dienone is 1. The second-order valence-electron chi connectivity index (χ2n) is 2.10. The standard InChI is InChI=1S/C6H10N4/c1-3-4(2)5-8-6(7)10-9-5/h3-4H,1H2,2H3,(H3,7,8,9,10). The zero-order chi connectivity index (χ0) is 7.56. The highest BCUT2D eigenvalue weighted by atomic mass is 15.3. The number of hydrogen-bond donors (Lipinski definition) is 2. The van der Waals surface area contributed by atoms with Gasteiger partial charge < -0.3 is 5.73 Å². The molecule has 1 atom stereocenters. The number of nitrogens with one attached hydrogen (secondary N) is 1. The number of nitrogen functional groups attached to an aromatic ring is 1. The van der Waals surface area contributed by atoms with E-state index < -0.39 is 0 Å². The fraction of sp³-hybridized carbons (Fsp3) is 0.333. The summed E-state index contributed by atoms with van der Waals surface area (Å²) in [6.07, 6.45) is 1.78. The molecule has 0 saturated heterocycles. The highest BCUT2D eigenvalue weighted by Gasteiger charge is 2.04. The third-order valence-corrected chi connectivity index (χ3v) is 1.30. The lowest BCUT2D eigenvalue weighted by Gasteiger charge is -1.96. The van der Waals surface area contributed by atoms with Crippen LogP contribution in [0, 0.1) is 0 Å². The van der Waals surface area contributed by atoms with Gasteiger partial charge >= 0.3 is 0 Å². The maximum absolute atomic E-state index is 5.28. The van der Waals surface area contributed by atoms with Crippen molar-refractivity contribution in [3.63, 3.8) is 0 Å². The van der Waals surface area contributed by atoms with Gasteiger partial charge in [-0.3, -0.25) is 5.10 Å². The molecular weight excluding hydrogens is 128 g/mol. The average molecular weight is 138 g/mol. The van der Waals surface area contributed by atoms with Gasteiger partial charge in [-0.15, -0.1) is 11.7 Å². The van der Waals surface area contributed by atoms with Gasteiger partial charge in [0.2, 0.25) is 5.95 Å². The van der Waals surface area contributed by atoms with Gasteiger partial charge in [0.15, 0.2) is 0 Å². The molecule has 1 aromatic rings. The lowest BCUT2D eigenvalue weighted by Crippen LogP contribution is -1.91. The minimum Gasteiger partial charge on any atom is -0.367 e. The number of anilines is 1. The van der Waals surface area contributed by atoms with Gasteiger partial charge in [-0.2, -0.15) is 4.98 Å². The van der Waals surface area contributed by atoms with Crippen molar-refractivity contribution in [3.8, 4) is 0 Å². The van der Waals surface area contributed by atoms with E-state index in [1.165, 1.54) is 0 Å². The predicted octanol–water partition coefficient (Wildman–Crippen LogP) is 0.676. The Kier molecular flexibility index (Phi) is 1.71. The average Bonchev–Trinajstić information content (AvgIpc) is 2.34. The number of rotatable bonds is 2. The summed E-state index contributed by atoms with van der Waals surface area (Å²) >= 11 is 0. The second kappa shape index (κ2) is 2.51. The Labute approximate surface area is 59.2 Å². The zero-order valence-electron chi connectivity index (χ0n) is 5.83. The Morgan fingerprint density at radius 3 is 2.90 bits per heavy atom. The van der Waals surface area contributed by atoms with Crippen molar-refractivity contribution in [1.29, 1.82) is 0 Å². The van der Waals surface area contributed by atoms with Gasteiger partial charge in [-0.25, -0.2) is 0 Å². The van der Waals surface area contributed by atoms with E-state index in [9.17, 15) is 0 Å². The summed E-state index contributed by atoms with van der Waals surface area (Å²) in [7, 11) is 0. The van der Waals surface area contributed by atoms with Crippen molar-refractivity contribution < 1.29 is 0 Å². The summed E-state index contributed by atoms with van der Waals surface area (Å²) < 4.78 is 0. The van der Waals surface area contributed by atoms with Crippen LogP contribution in [-0.4, -0.2) is 15.2 Å². The van der Waals surface area contributed by atoms with Gasteiger partial charge in [0.05, 0.1) is 0 Å². The van der Waals surface area contributed by atoms with E-state index in [0.29, 0.717) is 0 Å². The Bertz CT molecular complexity index is 227. The molecule has 0 bridgehead atoms. The normalized spacial score (nSPS) is 12.9. The van der Waals surface area contributed by atoms with Gasteiger partial charge in [-0.1, -0.05) is 13.0 Å². The maximum Gasteiger partial charge on any atom is 0.239 e. The number of nitrogens with zero attached hydrogens (tertiary/aromatic N) is 2. The molecule has 0 fully saturated rings. The summed E-state index contributed by atoms with van der Waals surface area (Å²) in [5, 5.41) is 6.38. The monoisotopic (exact) mass is 138 g/mol. The molecule has 0 spiro atoms. The molecule has 0 saturated carbocycles. The van der Waals surface area contributed by atoms with E-state index in [1.807, 2.05) is 6.92 Å². The first-order chi connectivity index (χ1) is 4.74. The third-order valence-electron chi connectivity index (χ3n) is 1.30. The topological polar surface area (TPSA) is 67.6 Å². The van der Waals surface area contributed by atoms with E-state index in [1.54, 1.807) is 6.08 Å². The molecule has 1 aromatic heterocycles. The summed E-state index contributed by atoms with van der Waals surface area (Å²) in [6, 6.07) is 0.